The van der Waals surface area contributed by atoms with Crippen molar-refractivity contribution in [3.05, 3.63) is 22.6 Å². The van der Waals surface area contributed by atoms with E-state index in [4.69, 9.17) is 5.26 Å². The SMILES string of the molecule is C=Cc1c(SC#N)sc(C)c1C. The molecule has 0 unspecified atom stereocenters. The van der Waals surface area contributed by atoms with Crippen LogP contribution in [0.25, 0.3) is 6.08 Å². The van der Waals surface area contributed by atoms with Gasteiger partial charge >= 0.3 is 0 Å². The lowest BCUT2D eigenvalue weighted by molar-refractivity contribution is 1.40. The molecule has 0 N–H and O–H groups in total. The van der Waals surface area contributed by atoms with Gasteiger partial charge in [0.25, 0.3) is 0 Å². The highest BCUT2D eigenvalue weighted by molar-refractivity contribution is 8.05. The number of hydrogen-bond acceptors (Lipinski definition) is 3. The fourth-order valence-corrected chi connectivity index (χ4v) is 2.94. The van der Waals surface area contributed by atoms with Crippen molar-refractivity contribution in [1.82, 2.24) is 0 Å². The highest BCUT2D eigenvalue weighted by Crippen LogP contribution is 2.35. The lowest BCUT2D eigenvalue weighted by Crippen LogP contribution is -1.74. The molecular formula is C9H9NS2. The molecule has 0 spiro atoms. The van der Waals surface area contributed by atoms with Crippen LogP contribution >= 0.6 is 23.1 Å². The summed E-state index contributed by atoms with van der Waals surface area (Å²) < 4.78 is 1.06. The number of aryl methyl sites for hydroxylation is 1. The summed E-state index contributed by atoms with van der Waals surface area (Å²) in [6.45, 7) is 7.86. The number of nitrogens with zero attached hydrogens (tertiary/aromatic N) is 1. The molecule has 1 nitrogen and oxygen atoms in total. The maximum atomic E-state index is 8.53. The summed E-state index contributed by atoms with van der Waals surface area (Å²) in [5.41, 5.74) is 2.36. The minimum atomic E-state index is 1.06. The first kappa shape index (κ1) is 9.37. The summed E-state index contributed by atoms with van der Waals surface area (Å²) in [5.74, 6) is 0. The molecule has 3 heteroatoms. The number of thiocyanates is 1. The van der Waals surface area contributed by atoms with Crippen molar-refractivity contribution in [1.29, 1.82) is 5.26 Å². The van der Waals surface area contributed by atoms with E-state index in [1.807, 2.05) is 6.08 Å². The van der Waals surface area contributed by atoms with E-state index in [0.717, 1.165) is 9.77 Å². The van der Waals surface area contributed by atoms with Crippen molar-refractivity contribution in [2.75, 3.05) is 0 Å². The van der Waals surface area contributed by atoms with Crippen LogP contribution < -0.4 is 0 Å². The Hall–Kier alpha value is -0.720. The van der Waals surface area contributed by atoms with Crippen LogP contribution in [0.1, 0.15) is 16.0 Å². The standard InChI is InChI=1S/C9H9NS2/c1-4-8-6(2)7(3)12-9(8)11-5-10/h4H,1H2,2-3H3. The molecule has 0 amide bonds. The second-order valence-electron chi connectivity index (χ2n) is 2.38. The second kappa shape index (κ2) is 3.79. The Morgan fingerprint density at radius 3 is 2.75 bits per heavy atom. The zero-order chi connectivity index (χ0) is 9.14. The first-order chi connectivity index (χ1) is 5.70. The molecular weight excluding hydrogens is 186 g/mol. The molecule has 0 fully saturated rings. The fraction of sp³-hybridized carbons (Fsp3) is 0.222. The maximum Gasteiger partial charge on any atom is 0.139 e. The highest BCUT2D eigenvalue weighted by Gasteiger charge is 2.09. The molecule has 0 atom stereocenters. The zero-order valence-electron chi connectivity index (χ0n) is 7.05. The van der Waals surface area contributed by atoms with E-state index in [1.165, 1.54) is 22.2 Å². The van der Waals surface area contributed by atoms with Gasteiger partial charge in [0.15, 0.2) is 0 Å². The van der Waals surface area contributed by atoms with Crippen molar-refractivity contribution in [2.24, 2.45) is 0 Å². The minimum absolute atomic E-state index is 1.06. The van der Waals surface area contributed by atoms with Crippen molar-refractivity contribution in [3.63, 3.8) is 0 Å². The summed E-state index contributed by atoms with van der Waals surface area (Å²) in [5, 5.41) is 10.6. The molecule has 0 aromatic carbocycles. The van der Waals surface area contributed by atoms with Gasteiger partial charge in [0.2, 0.25) is 0 Å². The molecule has 1 aromatic rings. The van der Waals surface area contributed by atoms with Crippen LogP contribution in [0.5, 0.6) is 0 Å². The van der Waals surface area contributed by atoms with E-state index in [2.05, 4.69) is 25.8 Å². The van der Waals surface area contributed by atoms with Gasteiger partial charge in [0.1, 0.15) is 5.40 Å². The number of nitriles is 1. The predicted molar refractivity (Wildman–Crippen MR) is 55.4 cm³/mol. The molecule has 1 aromatic heterocycles. The molecule has 0 saturated heterocycles. The van der Waals surface area contributed by atoms with Crippen molar-refractivity contribution in [2.45, 2.75) is 18.1 Å². The predicted octanol–water partition coefficient (Wildman–Crippen LogP) is 3.58. The van der Waals surface area contributed by atoms with E-state index >= 15 is 0 Å². The summed E-state index contributed by atoms with van der Waals surface area (Å²) >= 11 is 2.87. The van der Waals surface area contributed by atoms with Gasteiger partial charge in [-0.2, -0.15) is 5.26 Å². The van der Waals surface area contributed by atoms with E-state index in [0.29, 0.717) is 0 Å². The molecule has 0 aliphatic heterocycles. The van der Waals surface area contributed by atoms with Crippen molar-refractivity contribution in [3.8, 4) is 5.40 Å². The van der Waals surface area contributed by atoms with Crippen LogP contribution in [0.3, 0.4) is 0 Å². The van der Waals surface area contributed by atoms with Gasteiger partial charge in [0, 0.05) is 22.2 Å². The van der Waals surface area contributed by atoms with Crippen LogP contribution in [0.2, 0.25) is 0 Å². The van der Waals surface area contributed by atoms with E-state index < -0.39 is 0 Å². The van der Waals surface area contributed by atoms with Crippen LogP contribution in [0, 0.1) is 24.5 Å². The van der Waals surface area contributed by atoms with Crippen LogP contribution in [-0.4, -0.2) is 0 Å². The summed E-state index contributed by atoms with van der Waals surface area (Å²) in [6.07, 6.45) is 1.82. The Kier molecular flexibility index (Phi) is 2.96. The average molecular weight is 195 g/mol. The van der Waals surface area contributed by atoms with Crippen molar-refractivity contribution < 1.29 is 0 Å². The summed E-state index contributed by atoms with van der Waals surface area (Å²) in [4.78, 5) is 1.27. The average Bonchev–Trinajstić information content (AvgIpc) is 2.29. The number of thioether (sulfide) groups is 1. The van der Waals surface area contributed by atoms with E-state index in [9.17, 15) is 0 Å². The molecule has 62 valence electrons. The Bertz CT molecular complexity index is 344. The Balaban J connectivity index is 3.21. The van der Waals surface area contributed by atoms with Gasteiger partial charge < -0.3 is 0 Å². The van der Waals surface area contributed by atoms with Crippen molar-refractivity contribution >= 4 is 29.2 Å². The van der Waals surface area contributed by atoms with E-state index in [-0.39, 0.29) is 0 Å². The summed E-state index contributed by atoms with van der Waals surface area (Å²) in [7, 11) is 0. The van der Waals surface area contributed by atoms with Crippen LogP contribution in [-0.2, 0) is 0 Å². The quantitative estimate of drug-likeness (QED) is 0.532. The van der Waals surface area contributed by atoms with Gasteiger partial charge in [-0.25, -0.2) is 0 Å². The van der Waals surface area contributed by atoms with Crippen LogP contribution in [0.15, 0.2) is 10.8 Å². The Labute approximate surface area is 80.7 Å². The third-order valence-corrected chi connectivity index (χ3v) is 3.75. The molecule has 0 saturated carbocycles. The van der Waals surface area contributed by atoms with Gasteiger partial charge in [-0.05, 0) is 19.4 Å². The monoisotopic (exact) mass is 195 g/mol. The van der Waals surface area contributed by atoms with Gasteiger partial charge in [-0.3, -0.25) is 0 Å². The first-order valence-corrected chi connectivity index (χ1v) is 5.12. The second-order valence-corrected chi connectivity index (χ2v) is 4.66. The molecule has 0 radical (unpaired) electrons. The molecule has 12 heavy (non-hydrogen) atoms. The third kappa shape index (κ3) is 1.55. The van der Waals surface area contributed by atoms with Gasteiger partial charge in [-0.15, -0.1) is 11.3 Å². The molecule has 0 aliphatic carbocycles. The largest absolute Gasteiger partial charge is 0.185 e. The summed E-state index contributed by atoms with van der Waals surface area (Å²) in [6, 6.07) is 0. The molecule has 1 rings (SSSR count). The van der Waals surface area contributed by atoms with Gasteiger partial charge in [0.05, 0.1) is 4.21 Å². The smallest absolute Gasteiger partial charge is 0.139 e. The Morgan fingerprint density at radius 2 is 2.25 bits per heavy atom. The molecule has 0 bridgehead atoms. The first-order valence-electron chi connectivity index (χ1n) is 3.49. The van der Waals surface area contributed by atoms with Gasteiger partial charge in [-0.1, -0.05) is 12.7 Å². The fourth-order valence-electron chi connectivity index (χ4n) is 0.967. The number of hydrogen-bond donors (Lipinski definition) is 0. The zero-order valence-corrected chi connectivity index (χ0v) is 8.68. The normalized spacial score (nSPS) is 9.42. The highest BCUT2D eigenvalue weighted by atomic mass is 32.2. The van der Waals surface area contributed by atoms with E-state index in [1.54, 1.807) is 11.3 Å². The lowest BCUT2D eigenvalue weighted by atomic mass is 10.2. The maximum absolute atomic E-state index is 8.53. The third-order valence-electron chi connectivity index (χ3n) is 1.74. The number of rotatable bonds is 2. The number of thiophene rings is 1. The Morgan fingerprint density at radius 1 is 1.58 bits per heavy atom. The topological polar surface area (TPSA) is 23.8 Å². The molecule has 1 heterocycles. The molecule has 0 aliphatic rings. The van der Waals surface area contributed by atoms with Crippen LogP contribution in [0.4, 0.5) is 0 Å². The lowest BCUT2D eigenvalue weighted by Gasteiger charge is -1.92. The minimum Gasteiger partial charge on any atom is -0.185 e.